The van der Waals surface area contributed by atoms with E-state index in [1.807, 2.05) is 6.07 Å². The zero-order chi connectivity index (χ0) is 12.4. The average molecular weight is 272 g/mol. The van der Waals surface area contributed by atoms with Crippen molar-refractivity contribution in [3.05, 3.63) is 45.5 Å². The van der Waals surface area contributed by atoms with Gasteiger partial charge in [0.05, 0.1) is 6.04 Å². The molecule has 0 saturated heterocycles. The van der Waals surface area contributed by atoms with Gasteiger partial charge in [-0.15, -0.1) is 0 Å². The van der Waals surface area contributed by atoms with Gasteiger partial charge >= 0.3 is 0 Å². The average Bonchev–Trinajstić information content (AvgIpc) is 2.71. The van der Waals surface area contributed by atoms with E-state index in [-0.39, 0.29) is 6.04 Å². The number of nitrogens with two attached hydrogens (primary N) is 1. The molecule has 0 unspecified atom stereocenters. The molecule has 0 radical (unpaired) electrons. The molecule has 0 spiro atoms. The van der Waals surface area contributed by atoms with Gasteiger partial charge < -0.3 is 10.3 Å². The summed E-state index contributed by atoms with van der Waals surface area (Å²) in [6.07, 6.45) is 0.492. The summed E-state index contributed by atoms with van der Waals surface area (Å²) in [6, 6.07) is 5.03. The highest BCUT2D eigenvalue weighted by Gasteiger charge is 2.11. The minimum atomic E-state index is -0.267. The molecular weight excluding hydrogens is 261 g/mol. The van der Waals surface area contributed by atoms with E-state index in [9.17, 15) is 0 Å². The van der Waals surface area contributed by atoms with Crippen LogP contribution in [-0.4, -0.2) is 10.1 Å². The van der Waals surface area contributed by atoms with Crippen LogP contribution in [0.1, 0.15) is 30.2 Å². The zero-order valence-electron chi connectivity index (χ0n) is 9.15. The Morgan fingerprint density at radius 2 is 2.18 bits per heavy atom. The maximum Gasteiger partial charge on any atom is 0.243 e. The van der Waals surface area contributed by atoms with Gasteiger partial charge in [0, 0.05) is 16.5 Å². The molecular formula is C11H11Cl2N3O. The van der Waals surface area contributed by atoms with E-state index in [4.69, 9.17) is 33.5 Å². The second-order valence-electron chi connectivity index (χ2n) is 3.75. The highest BCUT2D eigenvalue weighted by Crippen LogP contribution is 2.22. The van der Waals surface area contributed by atoms with Crippen molar-refractivity contribution in [1.82, 2.24) is 10.1 Å². The molecule has 1 aromatic heterocycles. The molecule has 0 aliphatic carbocycles. The lowest BCUT2D eigenvalue weighted by Crippen LogP contribution is -2.05. The second-order valence-corrected chi connectivity index (χ2v) is 4.59. The summed E-state index contributed by atoms with van der Waals surface area (Å²) < 4.78 is 5.01. The summed E-state index contributed by atoms with van der Waals surface area (Å²) in [7, 11) is 0. The highest BCUT2D eigenvalue weighted by molar-refractivity contribution is 6.35. The third-order valence-electron chi connectivity index (χ3n) is 2.24. The van der Waals surface area contributed by atoms with E-state index >= 15 is 0 Å². The van der Waals surface area contributed by atoms with Crippen LogP contribution in [0.4, 0.5) is 0 Å². The van der Waals surface area contributed by atoms with Crippen LogP contribution >= 0.6 is 23.2 Å². The van der Waals surface area contributed by atoms with Crippen molar-refractivity contribution in [2.75, 3.05) is 0 Å². The Morgan fingerprint density at radius 3 is 2.76 bits per heavy atom. The van der Waals surface area contributed by atoms with Gasteiger partial charge in [0.15, 0.2) is 5.82 Å². The fourth-order valence-corrected chi connectivity index (χ4v) is 1.83. The summed E-state index contributed by atoms with van der Waals surface area (Å²) >= 11 is 11.9. The van der Waals surface area contributed by atoms with Crippen LogP contribution in [0, 0.1) is 0 Å². The number of aromatic nitrogens is 2. The van der Waals surface area contributed by atoms with Gasteiger partial charge in [-0.1, -0.05) is 34.4 Å². The van der Waals surface area contributed by atoms with Gasteiger partial charge in [-0.3, -0.25) is 0 Å². The zero-order valence-corrected chi connectivity index (χ0v) is 10.7. The Kier molecular flexibility index (Phi) is 3.66. The molecule has 2 rings (SSSR count). The van der Waals surface area contributed by atoms with Crippen molar-refractivity contribution < 1.29 is 4.52 Å². The van der Waals surface area contributed by atoms with Crippen molar-refractivity contribution in [3.63, 3.8) is 0 Å². The third-order valence-corrected chi connectivity index (χ3v) is 2.82. The maximum atomic E-state index is 6.05. The van der Waals surface area contributed by atoms with Gasteiger partial charge in [0.1, 0.15) is 0 Å². The quantitative estimate of drug-likeness (QED) is 0.932. The molecule has 2 N–H and O–H groups in total. The standard InChI is InChI=1S/C11H11Cl2N3O/c1-6(14)11-15-10(16-17-11)4-7-2-3-8(12)5-9(7)13/h2-3,5-6H,4,14H2,1H3/t6-/m1/s1. The minimum absolute atomic E-state index is 0.267. The maximum absolute atomic E-state index is 6.05. The summed E-state index contributed by atoms with van der Waals surface area (Å²) in [5, 5.41) is 5.03. The number of rotatable bonds is 3. The molecule has 0 amide bonds. The molecule has 4 nitrogen and oxygen atoms in total. The molecule has 90 valence electrons. The first-order chi connectivity index (χ1) is 8.06. The highest BCUT2D eigenvalue weighted by atomic mass is 35.5. The Balaban J connectivity index is 2.19. The van der Waals surface area contributed by atoms with Gasteiger partial charge in [0.25, 0.3) is 0 Å². The smallest absolute Gasteiger partial charge is 0.243 e. The monoisotopic (exact) mass is 271 g/mol. The van der Waals surface area contributed by atoms with Crippen molar-refractivity contribution in [3.8, 4) is 0 Å². The van der Waals surface area contributed by atoms with Crippen molar-refractivity contribution in [2.24, 2.45) is 5.73 Å². The van der Waals surface area contributed by atoms with E-state index in [1.54, 1.807) is 19.1 Å². The minimum Gasteiger partial charge on any atom is -0.338 e. The number of nitrogens with zero attached hydrogens (tertiary/aromatic N) is 2. The summed E-state index contributed by atoms with van der Waals surface area (Å²) in [5.74, 6) is 0.978. The van der Waals surface area contributed by atoms with Gasteiger partial charge in [0.2, 0.25) is 5.89 Å². The number of halogens is 2. The number of benzene rings is 1. The van der Waals surface area contributed by atoms with Crippen LogP contribution in [-0.2, 0) is 6.42 Å². The molecule has 1 aromatic carbocycles. The molecule has 0 fully saturated rings. The van der Waals surface area contributed by atoms with Crippen LogP contribution < -0.4 is 5.73 Å². The van der Waals surface area contributed by atoms with Crippen LogP contribution in [0.15, 0.2) is 22.7 Å². The van der Waals surface area contributed by atoms with Crippen LogP contribution in [0.2, 0.25) is 10.0 Å². The lowest BCUT2D eigenvalue weighted by Gasteiger charge is -2.01. The first kappa shape index (κ1) is 12.4. The number of hydrogen-bond donors (Lipinski definition) is 1. The SMILES string of the molecule is C[C@@H](N)c1nc(Cc2ccc(Cl)cc2Cl)no1. The van der Waals surface area contributed by atoms with Crippen molar-refractivity contribution in [1.29, 1.82) is 0 Å². The van der Waals surface area contributed by atoms with Gasteiger partial charge in [-0.2, -0.15) is 4.98 Å². The molecule has 0 saturated carbocycles. The molecule has 0 bridgehead atoms. The van der Waals surface area contributed by atoms with E-state index < -0.39 is 0 Å². The first-order valence-electron chi connectivity index (χ1n) is 5.08. The molecule has 6 heteroatoms. The van der Waals surface area contributed by atoms with Gasteiger partial charge in [-0.25, -0.2) is 0 Å². The third kappa shape index (κ3) is 2.97. The summed E-state index contributed by atoms with van der Waals surface area (Å²) in [5.41, 5.74) is 6.53. The largest absolute Gasteiger partial charge is 0.338 e. The predicted octanol–water partition coefficient (Wildman–Crippen LogP) is 2.99. The Labute approximate surface area is 109 Å². The van der Waals surface area contributed by atoms with E-state index in [0.717, 1.165) is 5.56 Å². The topological polar surface area (TPSA) is 64.9 Å². The van der Waals surface area contributed by atoms with Crippen LogP contribution in [0.3, 0.4) is 0 Å². The molecule has 1 heterocycles. The summed E-state index contributed by atoms with van der Waals surface area (Å²) in [4.78, 5) is 4.17. The van der Waals surface area contributed by atoms with Gasteiger partial charge in [-0.05, 0) is 24.6 Å². The van der Waals surface area contributed by atoms with Crippen LogP contribution in [0.25, 0.3) is 0 Å². The summed E-state index contributed by atoms with van der Waals surface area (Å²) in [6.45, 7) is 1.78. The van der Waals surface area contributed by atoms with Crippen molar-refractivity contribution in [2.45, 2.75) is 19.4 Å². The predicted molar refractivity (Wildman–Crippen MR) is 66.2 cm³/mol. The molecule has 0 aliphatic rings. The Bertz CT molecular complexity index is 525. The number of hydrogen-bond acceptors (Lipinski definition) is 4. The molecule has 1 atom stereocenters. The molecule has 17 heavy (non-hydrogen) atoms. The lowest BCUT2D eigenvalue weighted by molar-refractivity contribution is 0.358. The van der Waals surface area contributed by atoms with Crippen molar-refractivity contribution >= 4 is 23.2 Å². The molecule has 2 aromatic rings. The fourth-order valence-electron chi connectivity index (χ4n) is 1.36. The van der Waals surface area contributed by atoms with E-state index in [0.29, 0.717) is 28.2 Å². The lowest BCUT2D eigenvalue weighted by atomic mass is 10.1. The van der Waals surface area contributed by atoms with Crippen LogP contribution in [0.5, 0.6) is 0 Å². The Hall–Kier alpha value is -1.10. The van der Waals surface area contributed by atoms with E-state index in [2.05, 4.69) is 10.1 Å². The fraction of sp³-hybridized carbons (Fsp3) is 0.273. The Morgan fingerprint density at radius 1 is 1.41 bits per heavy atom. The first-order valence-corrected chi connectivity index (χ1v) is 5.84. The second kappa shape index (κ2) is 5.04. The van der Waals surface area contributed by atoms with E-state index in [1.165, 1.54) is 0 Å². The molecule has 0 aliphatic heterocycles. The normalized spacial score (nSPS) is 12.7.